The predicted molar refractivity (Wildman–Crippen MR) is 65.4 cm³/mol. The lowest BCUT2D eigenvalue weighted by molar-refractivity contribution is -0.133. The van der Waals surface area contributed by atoms with Crippen LogP contribution < -0.4 is 0 Å². The summed E-state index contributed by atoms with van der Waals surface area (Å²) in [6.45, 7) is 5.94. The molecule has 0 spiro atoms. The van der Waals surface area contributed by atoms with E-state index in [1.54, 1.807) is 0 Å². The molecule has 0 heterocycles. The number of likely N-dealkylation sites (N-methyl/N-ethyl adjacent to an activating group) is 1. The van der Waals surface area contributed by atoms with E-state index in [9.17, 15) is 9.90 Å². The summed E-state index contributed by atoms with van der Waals surface area (Å²) in [7, 11) is 0. The molecule has 1 rings (SSSR count). The summed E-state index contributed by atoms with van der Waals surface area (Å²) < 4.78 is 0. The molecule has 1 saturated carbocycles. The number of hydrogen-bond donors (Lipinski definition) is 1. The summed E-state index contributed by atoms with van der Waals surface area (Å²) in [5, 5.41) is 9.84. The molecule has 3 heteroatoms. The van der Waals surface area contributed by atoms with Crippen LogP contribution in [0.2, 0.25) is 0 Å². The van der Waals surface area contributed by atoms with Crippen LogP contribution in [-0.4, -0.2) is 41.0 Å². The van der Waals surface area contributed by atoms with Crippen LogP contribution in [0.3, 0.4) is 0 Å². The monoisotopic (exact) mass is 227 g/mol. The molecule has 1 aliphatic rings. The molecule has 0 radical (unpaired) electrons. The van der Waals surface area contributed by atoms with Gasteiger partial charge < -0.3 is 5.11 Å². The normalized spacial score (nSPS) is 28.6. The predicted octanol–water partition coefficient (Wildman–Crippen LogP) is 1.98. The van der Waals surface area contributed by atoms with Crippen LogP contribution in [0.25, 0.3) is 0 Å². The summed E-state index contributed by atoms with van der Waals surface area (Å²) in [5.41, 5.74) is 0. The first-order valence-electron chi connectivity index (χ1n) is 6.66. The summed E-state index contributed by atoms with van der Waals surface area (Å²) in [6, 6.07) is -0.0527. The van der Waals surface area contributed by atoms with Crippen LogP contribution in [0.15, 0.2) is 0 Å². The summed E-state index contributed by atoms with van der Waals surface area (Å²) in [6.07, 6.45) is 5.27. The second-order valence-electron chi connectivity index (χ2n) is 4.65. The third-order valence-corrected chi connectivity index (χ3v) is 3.62. The smallest absolute Gasteiger partial charge is 0.178 e. The van der Waals surface area contributed by atoms with Gasteiger partial charge in [0.2, 0.25) is 0 Å². The molecule has 1 aliphatic carbocycles. The van der Waals surface area contributed by atoms with E-state index in [1.807, 2.05) is 0 Å². The number of nitrogens with zero attached hydrogens (tertiary/aromatic N) is 1. The molecule has 1 fully saturated rings. The highest BCUT2D eigenvalue weighted by Crippen LogP contribution is 2.19. The van der Waals surface area contributed by atoms with Crippen LogP contribution in [0.4, 0.5) is 0 Å². The topological polar surface area (TPSA) is 40.5 Å². The highest BCUT2D eigenvalue weighted by Gasteiger charge is 2.29. The third kappa shape index (κ3) is 3.56. The maximum atomic E-state index is 12.1. The Kier molecular flexibility index (Phi) is 5.99. The van der Waals surface area contributed by atoms with E-state index in [4.69, 9.17) is 0 Å². The Bertz CT molecular complexity index is 214. The molecule has 3 nitrogen and oxygen atoms in total. The molecule has 0 aromatic rings. The lowest BCUT2D eigenvalue weighted by atomic mass is 9.99. The Hall–Kier alpha value is -0.410. The maximum Gasteiger partial charge on any atom is 0.178 e. The molecule has 16 heavy (non-hydrogen) atoms. The zero-order chi connectivity index (χ0) is 12.0. The van der Waals surface area contributed by atoms with Crippen molar-refractivity contribution < 1.29 is 9.90 Å². The van der Waals surface area contributed by atoms with Crippen LogP contribution in [0.1, 0.15) is 52.4 Å². The van der Waals surface area contributed by atoms with E-state index >= 15 is 0 Å². The number of hydrogen-bond acceptors (Lipinski definition) is 3. The molecule has 0 unspecified atom stereocenters. The molecule has 0 aromatic carbocycles. The number of ketones is 1. The maximum absolute atomic E-state index is 12.1. The Morgan fingerprint density at radius 2 is 1.69 bits per heavy atom. The van der Waals surface area contributed by atoms with Crippen LogP contribution in [0.5, 0.6) is 0 Å². The van der Waals surface area contributed by atoms with Crippen LogP contribution in [0, 0.1) is 0 Å². The second-order valence-corrected chi connectivity index (χ2v) is 4.65. The fourth-order valence-electron chi connectivity index (χ4n) is 2.56. The first kappa shape index (κ1) is 13.7. The molecule has 0 amide bonds. The fourth-order valence-corrected chi connectivity index (χ4v) is 2.56. The van der Waals surface area contributed by atoms with Crippen LogP contribution in [-0.2, 0) is 4.79 Å². The standard InChI is InChI=1S/C13H25NO2/c1-3-14(4-2)11-9-7-5-6-8-10-12(15)13(11)16/h11-12,15H,3-10H2,1-2H3/t11-,12+/m1/s1. The van der Waals surface area contributed by atoms with Crippen molar-refractivity contribution in [1.29, 1.82) is 0 Å². The van der Waals surface area contributed by atoms with Gasteiger partial charge in [-0.15, -0.1) is 0 Å². The lowest BCUT2D eigenvalue weighted by Crippen LogP contribution is -2.45. The minimum absolute atomic E-state index is 0.0469. The zero-order valence-electron chi connectivity index (χ0n) is 10.6. The summed E-state index contributed by atoms with van der Waals surface area (Å²) in [4.78, 5) is 14.3. The number of Topliss-reactive ketones (excluding diaryl/α,β-unsaturated/α-hetero) is 1. The molecule has 0 aromatic heterocycles. The quantitative estimate of drug-likeness (QED) is 0.801. The Balaban J connectivity index is 2.71. The molecular weight excluding hydrogens is 202 g/mol. The van der Waals surface area contributed by atoms with Gasteiger partial charge in [-0.05, 0) is 25.9 Å². The van der Waals surface area contributed by atoms with Gasteiger partial charge in [0.1, 0.15) is 6.10 Å². The molecule has 0 saturated heterocycles. The van der Waals surface area contributed by atoms with E-state index in [-0.39, 0.29) is 11.8 Å². The average Bonchev–Trinajstić information content (AvgIpc) is 2.37. The second kappa shape index (κ2) is 7.02. The van der Waals surface area contributed by atoms with Crippen molar-refractivity contribution in [3.63, 3.8) is 0 Å². The highest BCUT2D eigenvalue weighted by molar-refractivity contribution is 5.88. The molecule has 2 atom stereocenters. The highest BCUT2D eigenvalue weighted by atomic mass is 16.3. The fraction of sp³-hybridized carbons (Fsp3) is 0.923. The Morgan fingerprint density at radius 1 is 1.12 bits per heavy atom. The van der Waals surface area contributed by atoms with E-state index in [0.29, 0.717) is 6.42 Å². The van der Waals surface area contributed by atoms with Crippen molar-refractivity contribution in [2.45, 2.75) is 64.5 Å². The molecular formula is C13H25NO2. The first-order chi connectivity index (χ1) is 7.70. The lowest BCUT2D eigenvalue weighted by Gasteiger charge is -2.29. The van der Waals surface area contributed by atoms with Gasteiger partial charge in [0.25, 0.3) is 0 Å². The minimum Gasteiger partial charge on any atom is -0.385 e. The first-order valence-corrected chi connectivity index (χ1v) is 6.66. The Labute approximate surface area is 98.8 Å². The van der Waals surface area contributed by atoms with Gasteiger partial charge in [-0.2, -0.15) is 0 Å². The number of rotatable bonds is 3. The minimum atomic E-state index is -0.733. The largest absolute Gasteiger partial charge is 0.385 e. The number of aliphatic hydroxyl groups is 1. The molecule has 1 N–H and O–H groups in total. The Morgan fingerprint density at radius 3 is 2.25 bits per heavy atom. The summed E-state index contributed by atoms with van der Waals surface area (Å²) in [5.74, 6) is 0.0469. The van der Waals surface area contributed by atoms with Gasteiger partial charge in [-0.25, -0.2) is 0 Å². The van der Waals surface area contributed by atoms with Crippen molar-refractivity contribution in [2.75, 3.05) is 13.1 Å². The van der Waals surface area contributed by atoms with Gasteiger partial charge in [0.15, 0.2) is 5.78 Å². The zero-order valence-corrected chi connectivity index (χ0v) is 10.6. The molecule has 94 valence electrons. The van der Waals surface area contributed by atoms with Gasteiger partial charge in [0.05, 0.1) is 6.04 Å². The third-order valence-electron chi connectivity index (χ3n) is 3.62. The number of carbonyl (C=O) groups excluding carboxylic acids is 1. The number of aliphatic hydroxyl groups excluding tert-OH is 1. The van der Waals surface area contributed by atoms with Crippen molar-refractivity contribution in [1.82, 2.24) is 4.90 Å². The van der Waals surface area contributed by atoms with Gasteiger partial charge in [-0.3, -0.25) is 9.69 Å². The number of carbonyl (C=O) groups is 1. The summed E-state index contributed by atoms with van der Waals surface area (Å²) >= 11 is 0. The van der Waals surface area contributed by atoms with Gasteiger partial charge in [-0.1, -0.05) is 39.5 Å². The van der Waals surface area contributed by atoms with E-state index in [0.717, 1.165) is 38.8 Å². The van der Waals surface area contributed by atoms with Crippen LogP contribution >= 0.6 is 0 Å². The van der Waals surface area contributed by atoms with Gasteiger partial charge >= 0.3 is 0 Å². The van der Waals surface area contributed by atoms with E-state index in [2.05, 4.69) is 18.7 Å². The SMILES string of the molecule is CCN(CC)[C@@H]1CCCCCC[C@H](O)C1=O. The van der Waals surface area contributed by atoms with Crippen molar-refractivity contribution in [3.8, 4) is 0 Å². The van der Waals surface area contributed by atoms with Crippen molar-refractivity contribution in [2.24, 2.45) is 0 Å². The molecule has 0 bridgehead atoms. The molecule has 0 aliphatic heterocycles. The van der Waals surface area contributed by atoms with E-state index < -0.39 is 6.10 Å². The van der Waals surface area contributed by atoms with Crippen molar-refractivity contribution in [3.05, 3.63) is 0 Å². The average molecular weight is 227 g/mol. The van der Waals surface area contributed by atoms with E-state index in [1.165, 1.54) is 6.42 Å². The van der Waals surface area contributed by atoms with Crippen molar-refractivity contribution >= 4 is 5.78 Å². The van der Waals surface area contributed by atoms with Gasteiger partial charge in [0, 0.05) is 0 Å².